The van der Waals surface area contributed by atoms with Gasteiger partial charge in [0, 0.05) is 13.2 Å². The van der Waals surface area contributed by atoms with Gasteiger partial charge in [-0.3, -0.25) is 9.48 Å². The van der Waals surface area contributed by atoms with Gasteiger partial charge >= 0.3 is 0 Å². The van der Waals surface area contributed by atoms with Crippen LogP contribution in [0.25, 0.3) is 0 Å². The summed E-state index contributed by atoms with van der Waals surface area (Å²) in [5, 5.41) is 4.08. The van der Waals surface area contributed by atoms with E-state index >= 15 is 0 Å². The maximum Gasteiger partial charge on any atom is 0.208 e. The molecule has 68 valence electrons. The zero-order valence-electron chi connectivity index (χ0n) is 7.66. The minimum Gasteiger partial charge on any atom is -0.287 e. The topological polar surface area (TPSA) is 34.9 Å². The average Bonchev–Trinajstić information content (AvgIpc) is 2.72. The van der Waals surface area contributed by atoms with E-state index in [2.05, 4.69) is 5.10 Å². The van der Waals surface area contributed by atoms with Crippen LogP contribution in [0.2, 0.25) is 0 Å². The normalized spacial score (nSPS) is 15.9. The zero-order chi connectivity index (χ0) is 9.26. The molecule has 0 amide bonds. The van der Waals surface area contributed by atoms with Gasteiger partial charge in [-0.15, -0.1) is 0 Å². The predicted octanol–water partition coefficient (Wildman–Crippen LogP) is 1.71. The molecule has 0 radical (unpaired) electrons. The molecular formula is C10H12N2O. The molecule has 0 aliphatic heterocycles. The fourth-order valence-corrected chi connectivity index (χ4v) is 1.58. The van der Waals surface area contributed by atoms with E-state index in [1.54, 1.807) is 16.9 Å². The second-order valence-electron chi connectivity index (χ2n) is 3.33. The summed E-state index contributed by atoms with van der Waals surface area (Å²) >= 11 is 0. The first-order valence-corrected chi connectivity index (χ1v) is 4.51. The number of hydrogen-bond donors (Lipinski definition) is 0. The highest BCUT2D eigenvalue weighted by atomic mass is 16.1. The van der Waals surface area contributed by atoms with Crippen molar-refractivity contribution in [1.82, 2.24) is 9.78 Å². The lowest BCUT2D eigenvalue weighted by Crippen LogP contribution is -2.03. The fourth-order valence-electron chi connectivity index (χ4n) is 1.58. The van der Waals surface area contributed by atoms with E-state index in [0.717, 1.165) is 24.8 Å². The summed E-state index contributed by atoms with van der Waals surface area (Å²) in [6.07, 6.45) is 6.87. The minimum absolute atomic E-state index is 0.0955. The largest absolute Gasteiger partial charge is 0.287 e. The molecule has 1 aliphatic rings. The van der Waals surface area contributed by atoms with Crippen LogP contribution in [0.3, 0.4) is 0 Å². The molecule has 0 saturated heterocycles. The van der Waals surface area contributed by atoms with Gasteiger partial charge in [0.25, 0.3) is 0 Å². The molecule has 0 unspecified atom stereocenters. The lowest BCUT2D eigenvalue weighted by Gasteiger charge is -1.95. The van der Waals surface area contributed by atoms with Gasteiger partial charge in [-0.25, -0.2) is 0 Å². The third-order valence-corrected chi connectivity index (χ3v) is 2.28. The maximum absolute atomic E-state index is 11.7. The second kappa shape index (κ2) is 3.17. The average molecular weight is 176 g/mol. The van der Waals surface area contributed by atoms with E-state index < -0.39 is 0 Å². The molecule has 0 fully saturated rings. The smallest absolute Gasteiger partial charge is 0.208 e. The summed E-state index contributed by atoms with van der Waals surface area (Å²) in [5.41, 5.74) is 1.49. The SMILES string of the molecule is Cn1ccc(C(=O)C2=CCCC2)n1. The fraction of sp³-hybridized carbons (Fsp3) is 0.400. The van der Waals surface area contributed by atoms with E-state index in [0.29, 0.717) is 5.69 Å². The number of allylic oxidation sites excluding steroid dienone is 2. The Morgan fingerprint density at radius 2 is 2.46 bits per heavy atom. The highest BCUT2D eigenvalue weighted by Gasteiger charge is 2.16. The third kappa shape index (κ3) is 1.54. The van der Waals surface area contributed by atoms with E-state index in [-0.39, 0.29) is 5.78 Å². The van der Waals surface area contributed by atoms with Crippen molar-refractivity contribution in [3.8, 4) is 0 Å². The summed E-state index contributed by atoms with van der Waals surface area (Å²) in [5.74, 6) is 0.0955. The van der Waals surface area contributed by atoms with E-state index in [9.17, 15) is 4.79 Å². The Kier molecular flexibility index (Phi) is 2.00. The molecule has 0 aromatic carbocycles. The van der Waals surface area contributed by atoms with Gasteiger partial charge < -0.3 is 0 Å². The molecule has 2 rings (SSSR count). The molecule has 3 nitrogen and oxygen atoms in total. The highest BCUT2D eigenvalue weighted by molar-refractivity contribution is 6.07. The summed E-state index contributed by atoms with van der Waals surface area (Å²) < 4.78 is 1.66. The van der Waals surface area contributed by atoms with Crippen LogP contribution in [0, 0.1) is 0 Å². The van der Waals surface area contributed by atoms with Gasteiger partial charge in [-0.05, 0) is 30.9 Å². The molecule has 0 bridgehead atoms. The van der Waals surface area contributed by atoms with Gasteiger partial charge in [0.05, 0.1) is 0 Å². The molecule has 1 aromatic heterocycles. The van der Waals surface area contributed by atoms with Crippen molar-refractivity contribution in [2.45, 2.75) is 19.3 Å². The Morgan fingerprint density at radius 3 is 3.00 bits per heavy atom. The number of aromatic nitrogens is 2. The standard InChI is InChI=1S/C10H12N2O/c1-12-7-6-9(11-12)10(13)8-4-2-3-5-8/h4,6-7H,2-3,5H2,1H3. The first-order chi connectivity index (χ1) is 6.27. The van der Waals surface area contributed by atoms with E-state index in [1.165, 1.54) is 0 Å². The van der Waals surface area contributed by atoms with Crippen molar-refractivity contribution in [2.75, 3.05) is 0 Å². The van der Waals surface area contributed by atoms with Crippen molar-refractivity contribution >= 4 is 5.78 Å². The van der Waals surface area contributed by atoms with E-state index in [4.69, 9.17) is 0 Å². The van der Waals surface area contributed by atoms with Crippen LogP contribution in [-0.4, -0.2) is 15.6 Å². The summed E-state index contributed by atoms with van der Waals surface area (Å²) in [4.78, 5) is 11.7. The van der Waals surface area contributed by atoms with Crippen molar-refractivity contribution in [3.63, 3.8) is 0 Å². The third-order valence-electron chi connectivity index (χ3n) is 2.28. The predicted molar refractivity (Wildman–Crippen MR) is 49.5 cm³/mol. The van der Waals surface area contributed by atoms with Gasteiger partial charge in [0.1, 0.15) is 5.69 Å². The molecule has 0 N–H and O–H groups in total. The van der Waals surface area contributed by atoms with Crippen LogP contribution in [-0.2, 0) is 7.05 Å². The Balaban J connectivity index is 2.22. The first-order valence-electron chi connectivity index (χ1n) is 4.51. The molecule has 0 spiro atoms. The number of nitrogens with zero attached hydrogens (tertiary/aromatic N) is 2. The number of ketones is 1. The first kappa shape index (κ1) is 8.23. The van der Waals surface area contributed by atoms with Gasteiger partial charge in [0.15, 0.2) is 0 Å². The van der Waals surface area contributed by atoms with Crippen LogP contribution in [0.1, 0.15) is 29.8 Å². The summed E-state index contributed by atoms with van der Waals surface area (Å²) in [6.45, 7) is 0. The van der Waals surface area contributed by atoms with Gasteiger partial charge in [-0.1, -0.05) is 6.08 Å². The zero-order valence-corrected chi connectivity index (χ0v) is 7.66. The quantitative estimate of drug-likeness (QED) is 0.643. The molecule has 0 saturated carbocycles. The van der Waals surface area contributed by atoms with Crippen LogP contribution in [0.15, 0.2) is 23.9 Å². The second-order valence-corrected chi connectivity index (χ2v) is 3.33. The Hall–Kier alpha value is -1.38. The molecule has 0 atom stereocenters. The molecule has 1 heterocycles. The lowest BCUT2D eigenvalue weighted by molar-refractivity contribution is 0.102. The van der Waals surface area contributed by atoms with Gasteiger partial charge in [0.2, 0.25) is 5.78 Å². The molecule has 1 aliphatic carbocycles. The van der Waals surface area contributed by atoms with Crippen molar-refractivity contribution in [2.24, 2.45) is 7.05 Å². The molecular weight excluding hydrogens is 164 g/mol. The van der Waals surface area contributed by atoms with Crippen molar-refractivity contribution < 1.29 is 4.79 Å². The monoisotopic (exact) mass is 176 g/mol. The number of aryl methyl sites for hydroxylation is 1. The summed E-state index contributed by atoms with van der Waals surface area (Å²) in [6, 6.07) is 1.77. The lowest BCUT2D eigenvalue weighted by atomic mass is 10.1. The highest BCUT2D eigenvalue weighted by Crippen LogP contribution is 2.20. The number of Topliss-reactive ketones (excluding diaryl/α,β-unsaturated/α-hetero) is 1. The minimum atomic E-state index is 0.0955. The summed E-state index contributed by atoms with van der Waals surface area (Å²) in [7, 11) is 1.82. The number of rotatable bonds is 2. The molecule has 13 heavy (non-hydrogen) atoms. The van der Waals surface area contributed by atoms with Crippen LogP contribution in [0.5, 0.6) is 0 Å². The molecule has 3 heteroatoms. The Labute approximate surface area is 77.1 Å². The maximum atomic E-state index is 11.7. The van der Waals surface area contributed by atoms with Crippen molar-refractivity contribution in [1.29, 1.82) is 0 Å². The van der Waals surface area contributed by atoms with Crippen LogP contribution in [0.4, 0.5) is 0 Å². The van der Waals surface area contributed by atoms with E-state index in [1.807, 2.05) is 13.1 Å². The Morgan fingerprint density at radius 1 is 1.62 bits per heavy atom. The number of carbonyl (C=O) groups is 1. The van der Waals surface area contributed by atoms with Gasteiger partial charge in [-0.2, -0.15) is 5.10 Å². The van der Waals surface area contributed by atoms with Crippen LogP contribution < -0.4 is 0 Å². The number of carbonyl (C=O) groups excluding carboxylic acids is 1. The molecule has 1 aromatic rings. The Bertz CT molecular complexity index is 363. The van der Waals surface area contributed by atoms with Crippen LogP contribution >= 0.6 is 0 Å². The van der Waals surface area contributed by atoms with Crippen molar-refractivity contribution in [3.05, 3.63) is 29.6 Å². The number of hydrogen-bond acceptors (Lipinski definition) is 2.